The number of halogens is 2. The second kappa shape index (κ2) is 11.7. The zero-order chi connectivity index (χ0) is 22.2. The molecule has 1 saturated heterocycles. The number of aromatic nitrogens is 2. The molecule has 6 nitrogen and oxygen atoms in total. The summed E-state index contributed by atoms with van der Waals surface area (Å²) in [4.78, 5) is 10.6. The first kappa shape index (κ1) is 23.9. The molecule has 1 aliphatic rings. The van der Waals surface area contributed by atoms with Crippen molar-refractivity contribution in [2.24, 2.45) is 0 Å². The number of benzene rings is 1. The Labute approximate surface area is 195 Å². The minimum Gasteiger partial charge on any atom is -0.490 e. The van der Waals surface area contributed by atoms with E-state index in [2.05, 4.69) is 52.2 Å². The lowest BCUT2D eigenvalue weighted by molar-refractivity contribution is 0.181. The molecule has 0 amide bonds. The molecule has 1 aromatic heterocycles. The fourth-order valence-electron chi connectivity index (χ4n) is 3.82. The van der Waals surface area contributed by atoms with Gasteiger partial charge in [0.05, 0.1) is 12.7 Å². The molecule has 0 saturated carbocycles. The molecule has 0 atom stereocenters. The van der Waals surface area contributed by atoms with E-state index in [1.165, 1.54) is 5.56 Å². The maximum absolute atomic E-state index is 6.15. The van der Waals surface area contributed by atoms with E-state index in [-0.39, 0.29) is 11.4 Å². The zero-order valence-electron chi connectivity index (χ0n) is 18.5. The van der Waals surface area contributed by atoms with Crippen molar-refractivity contribution >= 4 is 29.0 Å². The molecule has 31 heavy (non-hydrogen) atoms. The molecule has 2 aromatic rings. The third-order valence-corrected chi connectivity index (χ3v) is 5.89. The number of ether oxygens (including phenoxy) is 2. The summed E-state index contributed by atoms with van der Waals surface area (Å²) in [5.74, 6) is 2.35. The predicted octanol–water partition coefficient (Wildman–Crippen LogP) is 5.83. The molecular weight excluding hydrogens is 435 g/mol. The van der Waals surface area contributed by atoms with E-state index in [1.807, 2.05) is 6.92 Å². The maximum atomic E-state index is 6.15. The van der Waals surface area contributed by atoms with E-state index < -0.39 is 0 Å². The highest BCUT2D eigenvalue weighted by Gasteiger charge is 2.20. The molecule has 1 aromatic carbocycles. The summed E-state index contributed by atoms with van der Waals surface area (Å²) in [6, 6.07) is 8.37. The highest BCUT2D eigenvalue weighted by molar-refractivity contribution is 6.32. The van der Waals surface area contributed by atoms with Crippen LogP contribution in [-0.4, -0.2) is 46.7 Å². The lowest BCUT2D eigenvalue weighted by Crippen LogP contribution is -2.38. The quantitative estimate of drug-likeness (QED) is 0.351. The second-order valence-corrected chi connectivity index (χ2v) is 8.54. The summed E-state index contributed by atoms with van der Waals surface area (Å²) < 4.78 is 12.0. The van der Waals surface area contributed by atoms with Crippen LogP contribution in [0.2, 0.25) is 10.4 Å². The molecule has 3 rings (SSSR count). The standard InChI is InChI=1S/C23H32Cl2N4O2/c1-4-18(5-2)31-19-8-7-16(13-20(19)30-6-3)15-29-11-9-17(10-12-29)26-22-14-21(24)27-23(25)28-22/h7-8,13-14,17-18H,4-6,9-12,15H2,1-3H3,(H,26,27,28). The van der Waals surface area contributed by atoms with Crippen LogP contribution in [0, 0.1) is 0 Å². The molecular formula is C23H32Cl2N4O2. The fraction of sp³-hybridized carbons (Fsp3) is 0.565. The molecule has 0 aliphatic carbocycles. The lowest BCUT2D eigenvalue weighted by atomic mass is 10.0. The molecule has 1 N–H and O–H groups in total. The number of nitrogens with one attached hydrogen (secondary N) is 1. The molecule has 0 radical (unpaired) electrons. The molecule has 170 valence electrons. The highest BCUT2D eigenvalue weighted by atomic mass is 35.5. The smallest absolute Gasteiger partial charge is 0.225 e. The van der Waals surface area contributed by atoms with E-state index in [9.17, 15) is 0 Å². The second-order valence-electron chi connectivity index (χ2n) is 7.81. The van der Waals surface area contributed by atoms with E-state index >= 15 is 0 Å². The lowest BCUT2D eigenvalue weighted by Gasteiger charge is -2.32. The average Bonchev–Trinajstić information content (AvgIpc) is 2.74. The van der Waals surface area contributed by atoms with Gasteiger partial charge in [-0.1, -0.05) is 31.5 Å². The van der Waals surface area contributed by atoms with Gasteiger partial charge in [0.15, 0.2) is 11.5 Å². The van der Waals surface area contributed by atoms with E-state index in [0.29, 0.717) is 23.6 Å². The van der Waals surface area contributed by atoms with Gasteiger partial charge in [0.2, 0.25) is 5.28 Å². The normalized spacial score (nSPS) is 15.3. The summed E-state index contributed by atoms with van der Waals surface area (Å²) >= 11 is 11.9. The Morgan fingerprint density at radius 3 is 2.45 bits per heavy atom. The number of rotatable bonds is 10. The average molecular weight is 467 g/mol. The first-order valence-electron chi connectivity index (χ1n) is 11.1. The number of nitrogens with zero attached hydrogens (tertiary/aromatic N) is 3. The minimum absolute atomic E-state index is 0.161. The SMILES string of the molecule is CCOc1cc(CN2CCC(Nc3cc(Cl)nc(Cl)n3)CC2)ccc1OC(CC)CC. The van der Waals surface area contributed by atoms with Crippen LogP contribution in [0.15, 0.2) is 24.3 Å². The van der Waals surface area contributed by atoms with Gasteiger partial charge < -0.3 is 14.8 Å². The van der Waals surface area contributed by atoms with Gasteiger partial charge in [0.25, 0.3) is 0 Å². The zero-order valence-corrected chi connectivity index (χ0v) is 20.0. The molecule has 1 aliphatic heterocycles. The van der Waals surface area contributed by atoms with Gasteiger partial charge in [-0.25, -0.2) is 9.97 Å². The van der Waals surface area contributed by atoms with Crippen LogP contribution in [0.5, 0.6) is 11.5 Å². The molecule has 2 heterocycles. The topological polar surface area (TPSA) is 59.5 Å². The number of piperidine rings is 1. The van der Waals surface area contributed by atoms with Gasteiger partial charge in [-0.15, -0.1) is 0 Å². The van der Waals surface area contributed by atoms with Crippen molar-refractivity contribution in [1.82, 2.24) is 14.9 Å². The Morgan fingerprint density at radius 2 is 1.81 bits per heavy atom. The van der Waals surface area contributed by atoms with E-state index in [0.717, 1.165) is 56.8 Å². The maximum Gasteiger partial charge on any atom is 0.225 e. The molecule has 1 fully saturated rings. The molecule has 0 unspecified atom stereocenters. The summed E-state index contributed by atoms with van der Waals surface area (Å²) in [5, 5.41) is 3.94. The first-order valence-corrected chi connectivity index (χ1v) is 11.9. The monoisotopic (exact) mass is 466 g/mol. The number of hydrogen-bond acceptors (Lipinski definition) is 6. The van der Waals surface area contributed by atoms with Crippen molar-refractivity contribution in [3.05, 3.63) is 40.3 Å². The Bertz CT molecular complexity index is 820. The fourth-order valence-corrected chi connectivity index (χ4v) is 4.23. The number of anilines is 1. The third-order valence-electron chi connectivity index (χ3n) is 5.53. The van der Waals surface area contributed by atoms with Crippen LogP contribution in [0.4, 0.5) is 5.82 Å². The highest BCUT2D eigenvalue weighted by Crippen LogP contribution is 2.31. The van der Waals surface area contributed by atoms with Crippen LogP contribution < -0.4 is 14.8 Å². The Morgan fingerprint density at radius 1 is 1.06 bits per heavy atom. The van der Waals surface area contributed by atoms with Gasteiger partial charge in [-0.05, 0) is 61.9 Å². The van der Waals surface area contributed by atoms with Crippen molar-refractivity contribution in [1.29, 1.82) is 0 Å². The van der Waals surface area contributed by atoms with Crippen molar-refractivity contribution in [3.8, 4) is 11.5 Å². The summed E-state index contributed by atoms with van der Waals surface area (Å²) in [6.45, 7) is 9.81. The van der Waals surface area contributed by atoms with Crippen molar-refractivity contribution in [2.75, 3.05) is 25.0 Å². The predicted molar refractivity (Wildman–Crippen MR) is 127 cm³/mol. The van der Waals surface area contributed by atoms with Gasteiger partial charge in [-0.3, -0.25) is 4.90 Å². The van der Waals surface area contributed by atoms with Crippen LogP contribution >= 0.6 is 23.2 Å². The summed E-state index contributed by atoms with van der Waals surface area (Å²) in [5.41, 5.74) is 1.24. The van der Waals surface area contributed by atoms with Gasteiger partial charge in [-0.2, -0.15) is 0 Å². The summed E-state index contributed by atoms with van der Waals surface area (Å²) in [6.07, 6.45) is 4.23. The first-order chi connectivity index (χ1) is 15.0. The van der Waals surface area contributed by atoms with Crippen LogP contribution in [0.25, 0.3) is 0 Å². The molecule has 0 bridgehead atoms. The van der Waals surface area contributed by atoms with E-state index in [4.69, 9.17) is 32.7 Å². The minimum atomic E-state index is 0.161. The number of hydrogen-bond donors (Lipinski definition) is 1. The van der Waals surface area contributed by atoms with Crippen LogP contribution in [0.3, 0.4) is 0 Å². The number of likely N-dealkylation sites (tertiary alicyclic amines) is 1. The Hall–Kier alpha value is -1.76. The van der Waals surface area contributed by atoms with Crippen LogP contribution in [0.1, 0.15) is 52.0 Å². The molecule has 8 heteroatoms. The van der Waals surface area contributed by atoms with Crippen molar-refractivity contribution in [2.45, 2.75) is 65.1 Å². The van der Waals surface area contributed by atoms with E-state index in [1.54, 1.807) is 6.07 Å². The van der Waals surface area contributed by atoms with Crippen molar-refractivity contribution in [3.63, 3.8) is 0 Å². The van der Waals surface area contributed by atoms with Crippen LogP contribution in [-0.2, 0) is 6.54 Å². The Kier molecular flexibility index (Phi) is 9.05. The largest absolute Gasteiger partial charge is 0.490 e. The van der Waals surface area contributed by atoms with Gasteiger partial charge in [0, 0.05) is 31.7 Å². The van der Waals surface area contributed by atoms with Gasteiger partial charge >= 0.3 is 0 Å². The Balaban J connectivity index is 1.56. The van der Waals surface area contributed by atoms with Crippen molar-refractivity contribution < 1.29 is 9.47 Å². The van der Waals surface area contributed by atoms with Gasteiger partial charge in [0.1, 0.15) is 11.0 Å². The molecule has 0 spiro atoms. The third kappa shape index (κ3) is 7.13. The summed E-state index contributed by atoms with van der Waals surface area (Å²) in [7, 11) is 0.